The Kier molecular flexibility index (Phi) is 4.35. The second kappa shape index (κ2) is 5.75. The summed E-state index contributed by atoms with van der Waals surface area (Å²) < 4.78 is 4.71. The van der Waals surface area contributed by atoms with Gasteiger partial charge in [0.15, 0.2) is 17.6 Å². The zero-order chi connectivity index (χ0) is 12.8. The molecule has 1 rings (SSSR count). The van der Waals surface area contributed by atoms with Gasteiger partial charge in [0.25, 0.3) is 5.91 Å². The molecule has 92 valence electrons. The van der Waals surface area contributed by atoms with Crippen molar-refractivity contribution in [3.05, 3.63) is 18.1 Å². The van der Waals surface area contributed by atoms with Crippen molar-refractivity contribution in [3.8, 4) is 0 Å². The van der Waals surface area contributed by atoms with Crippen LogP contribution in [0.1, 0.15) is 10.5 Å². The second-order valence-corrected chi connectivity index (χ2v) is 3.06. The number of primary amides is 1. The van der Waals surface area contributed by atoms with Gasteiger partial charge in [0.05, 0.1) is 6.54 Å². The molecule has 0 aromatic carbocycles. The molecule has 1 heterocycles. The van der Waals surface area contributed by atoms with Crippen molar-refractivity contribution in [2.45, 2.75) is 6.10 Å². The topological polar surface area (TPSA) is 127 Å². The van der Waals surface area contributed by atoms with Gasteiger partial charge in [-0.3, -0.25) is 4.79 Å². The number of carbonyl (C=O) groups is 2. The lowest BCUT2D eigenvalue weighted by molar-refractivity contribution is -0.147. The Bertz CT molecular complexity index is 423. The highest BCUT2D eigenvalue weighted by Gasteiger charge is 2.18. The molecule has 0 bridgehead atoms. The normalized spacial score (nSPS) is 11.8. The van der Waals surface area contributed by atoms with Crippen LogP contribution in [0.25, 0.3) is 0 Å². The van der Waals surface area contributed by atoms with E-state index < -0.39 is 18.0 Å². The maximum atomic E-state index is 11.0. The van der Waals surface area contributed by atoms with Crippen LogP contribution in [0.15, 0.2) is 12.4 Å². The first-order valence-electron chi connectivity index (χ1n) is 4.66. The number of aromatic nitrogens is 2. The molecule has 0 aliphatic heterocycles. The molecule has 8 heteroatoms. The van der Waals surface area contributed by atoms with E-state index >= 15 is 0 Å². The smallest absolute Gasteiger partial charge is 0.334 e. The number of nitrogens with one attached hydrogen (secondary N) is 1. The highest BCUT2D eigenvalue weighted by molar-refractivity contribution is 5.95. The highest BCUT2D eigenvalue weighted by Crippen LogP contribution is 2.07. The fraction of sp³-hybridized carbons (Fsp3) is 0.333. The van der Waals surface area contributed by atoms with Crippen LogP contribution in [-0.2, 0) is 9.53 Å². The molecule has 0 aliphatic rings. The zero-order valence-corrected chi connectivity index (χ0v) is 9.08. The summed E-state index contributed by atoms with van der Waals surface area (Å²) in [5, 5.41) is 11.4. The first-order chi connectivity index (χ1) is 8.06. The van der Waals surface area contributed by atoms with Crippen molar-refractivity contribution in [1.29, 1.82) is 0 Å². The summed E-state index contributed by atoms with van der Waals surface area (Å²) >= 11 is 0. The number of nitrogens with zero attached hydrogens (tertiary/aromatic N) is 2. The minimum atomic E-state index is -1.12. The summed E-state index contributed by atoms with van der Waals surface area (Å²) in [5.41, 5.74) is 5.04. The summed E-state index contributed by atoms with van der Waals surface area (Å²) in [6, 6.07) is 0. The van der Waals surface area contributed by atoms with Gasteiger partial charge < -0.3 is 20.9 Å². The van der Waals surface area contributed by atoms with Crippen LogP contribution in [0.2, 0.25) is 0 Å². The minimum Gasteiger partial charge on any atom is -0.479 e. The number of nitrogens with two attached hydrogens (primary N) is 1. The maximum absolute atomic E-state index is 11.0. The zero-order valence-electron chi connectivity index (χ0n) is 9.08. The molecular weight excluding hydrogens is 228 g/mol. The average molecular weight is 240 g/mol. The van der Waals surface area contributed by atoms with Gasteiger partial charge in [0.2, 0.25) is 0 Å². The molecule has 0 radical (unpaired) electrons. The summed E-state index contributed by atoms with van der Waals surface area (Å²) in [6.45, 7) is -0.0508. The molecule has 0 saturated carbocycles. The first-order valence-corrected chi connectivity index (χ1v) is 4.66. The van der Waals surface area contributed by atoms with Gasteiger partial charge in [-0.25, -0.2) is 14.8 Å². The molecular formula is C9H12N4O4. The van der Waals surface area contributed by atoms with Crippen molar-refractivity contribution >= 4 is 17.7 Å². The second-order valence-electron chi connectivity index (χ2n) is 3.06. The van der Waals surface area contributed by atoms with Gasteiger partial charge in [-0.2, -0.15) is 0 Å². The Morgan fingerprint density at radius 3 is 2.71 bits per heavy atom. The van der Waals surface area contributed by atoms with Gasteiger partial charge in [-0.1, -0.05) is 0 Å². The lowest BCUT2D eigenvalue weighted by atomic mass is 10.3. The van der Waals surface area contributed by atoms with E-state index in [0.29, 0.717) is 0 Å². The first kappa shape index (κ1) is 12.8. The van der Waals surface area contributed by atoms with Crippen LogP contribution in [0.5, 0.6) is 0 Å². The van der Waals surface area contributed by atoms with Crippen molar-refractivity contribution in [2.24, 2.45) is 5.73 Å². The van der Waals surface area contributed by atoms with E-state index in [0.717, 1.165) is 0 Å². The minimum absolute atomic E-state index is 0.0484. The predicted molar refractivity (Wildman–Crippen MR) is 57.5 cm³/mol. The molecule has 4 N–H and O–H groups in total. The van der Waals surface area contributed by atoms with E-state index in [1.165, 1.54) is 19.5 Å². The van der Waals surface area contributed by atoms with E-state index in [-0.39, 0.29) is 18.1 Å². The van der Waals surface area contributed by atoms with Crippen LogP contribution >= 0.6 is 0 Å². The molecule has 0 aliphatic carbocycles. The lowest BCUT2D eigenvalue weighted by Crippen LogP contribution is -2.31. The highest BCUT2D eigenvalue weighted by atomic mass is 16.5. The lowest BCUT2D eigenvalue weighted by Gasteiger charge is -2.12. The van der Waals surface area contributed by atoms with E-state index in [1.54, 1.807) is 0 Å². The standard InChI is InChI=1S/C9H12N4O4/c1-17-5(9(15)16)4-13-8-6(7(10)14)11-2-3-12-8/h2-3,5H,4H2,1H3,(H2,10,14)(H,12,13)(H,15,16). The SMILES string of the molecule is COC(CNc1nccnc1C(N)=O)C(=O)O. The Balaban J connectivity index is 2.75. The largest absolute Gasteiger partial charge is 0.479 e. The number of hydrogen-bond donors (Lipinski definition) is 3. The van der Waals surface area contributed by atoms with Crippen molar-refractivity contribution in [2.75, 3.05) is 19.0 Å². The molecule has 0 spiro atoms. The van der Waals surface area contributed by atoms with E-state index in [2.05, 4.69) is 15.3 Å². The van der Waals surface area contributed by atoms with Crippen LogP contribution in [-0.4, -0.2) is 46.7 Å². The molecule has 1 aromatic rings. The Labute approximate surface area is 96.8 Å². The van der Waals surface area contributed by atoms with Gasteiger partial charge in [-0.15, -0.1) is 0 Å². The van der Waals surface area contributed by atoms with Gasteiger partial charge in [0, 0.05) is 19.5 Å². The molecule has 1 unspecified atom stereocenters. The van der Waals surface area contributed by atoms with E-state index in [1.807, 2.05) is 0 Å². The van der Waals surface area contributed by atoms with Gasteiger partial charge >= 0.3 is 5.97 Å². The average Bonchev–Trinajstić information content (AvgIpc) is 2.29. The molecule has 1 atom stereocenters. The molecule has 1 aromatic heterocycles. The van der Waals surface area contributed by atoms with Crippen molar-refractivity contribution in [3.63, 3.8) is 0 Å². The summed E-state index contributed by atoms with van der Waals surface area (Å²) in [6.07, 6.45) is 1.63. The number of amides is 1. The number of rotatable bonds is 6. The van der Waals surface area contributed by atoms with Gasteiger partial charge in [0.1, 0.15) is 0 Å². The Morgan fingerprint density at radius 1 is 1.53 bits per heavy atom. The van der Waals surface area contributed by atoms with Crippen LogP contribution in [0, 0.1) is 0 Å². The number of aliphatic carboxylic acids is 1. The van der Waals surface area contributed by atoms with Gasteiger partial charge in [-0.05, 0) is 0 Å². The Morgan fingerprint density at radius 2 is 2.18 bits per heavy atom. The number of hydrogen-bond acceptors (Lipinski definition) is 6. The summed E-state index contributed by atoms with van der Waals surface area (Å²) in [7, 11) is 1.27. The third kappa shape index (κ3) is 3.38. The van der Waals surface area contributed by atoms with Crippen molar-refractivity contribution < 1.29 is 19.4 Å². The predicted octanol–water partition coefficient (Wildman–Crippen LogP) is -0.913. The van der Waals surface area contributed by atoms with E-state index in [9.17, 15) is 9.59 Å². The maximum Gasteiger partial charge on any atom is 0.334 e. The number of carboxylic acids is 1. The monoisotopic (exact) mass is 240 g/mol. The number of anilines is 1. The van der Waals surface area contributed by atoms with Crippen LogP contribution in [0.3, 0.4) is 0 Å². The summed E-state index contributed by atoms with van der Waals surface area (Å²) in [5.74, 6) is -1.74. The van der Waals surface area contributed by atoms with Crippen LogP contribution in [0.4, 0.5) is 5.82 Å². The molecule has 8 nitrogen and oxygen atoms in total. The van der Waals surface area contributed by atoms with E-state index in [4.69, 9.17) is 15.6 Å². The summed E-state index contributed by atoms with van der Waals surface area (Å²) in [4.78, 5) is 29.3. The third-order valence-corrected chi connectivity index (χ3v) is 1.95. The Hall–Kier alpha value is -2.22. The fourth-order valence-corrected chi connectivity index (χ4v) is 1.11. The molecule has 0 fully saturated rings. The number of methoxy groups -OCH3 is 1. The quantitative estimate of drug-likeness (QED) is 0.587. The molecule has 0 saturated heterocycles. The third-order valence-electron chi connectivity index (χ3n) is 1.95. The number of carbonyl (C=O) groups excluding carboxylic acids is 1. The van der Waals surface area contributed by atoms with Crippen LogP contribution < -0.4 is 11.1 Å². The molecule has 1 amide bonds. The number of ether oxygens (including phenoxy) is 1. The fourth-order valence-electron chi connectivity index (χ4n) is 1.11. The van der Waals surface area contributed by atoms with Crippen molar-refractivity contribution in [1.82, 2.24) is 9.97 Å². The molecule has 17 heavy (non-hydrogen) atoms. The number of carboxylic acid groups (broad SMARTS) is 1.